The first kappa shape index (κ1) is 11.5. The summed E-state index contributed by atoms with van der Waals surface area (Å²) in [5, 5.41) is 3.31. The van der Waals surface area contributed by atoms with E-state index in [9.17, 15) is 4.79 Å². The maximum Gasteiger partial charge on any atom is 0.410 e. The molecule has 1 amide bonds. The van der Waals surface area contributed by atoms with E-state index in [0.717, 1.165) is 25.7 Å². The van der Waals surface area contributed by atoms with E-state index in [-0.39, 0.29) is 6.09 Å². The zero-order chi connectivity index (χ0) is 11.5. The average molecular weight is 224 g/mol. The molecule has 4 nitrogen and oxygen atoms in total. The van der Waals surface area contributed by atoms with Crippen molar-refractivity contribution in [2.45, 2.75) is 43.8 Å². The van der Waals surface area contributed by atoms with Crippen molar-refractivity contribution in [3.05, 3.63) is 12.7 Å². The van der Waals surface area contributed by atoms with Gasteiger partial charge in [-0.05, 0) is 32.7 Å². The molecular formula is C12H20N2O2. The number of carbonyl (C=O) groups excluding carboxylic acids is 1. The monoisotopic (exact) mass is 224 g/mol. The number of hydrogen-bond acceptors (Lipinski definition) is 3. The molecule has 0 aromatic rings. The third-order valence-corrected chi connectivity index (χ3v) is 3.68. The Morgan fingerprint density at radius 2 is 2.12 bits per heavy atom. The van der Waals surface area contributed by atoms with Gasteiger partial charge in [0.2, 0.25) is 0 Å². The number of nitrogens with zero attached hydrogens (tertiary/aromatic N) is 1. The summed E-state index contributed by atoms with van der Waals surface area (Å²) in [7, 11) is 2.00. The summed E-state index contributed by atoms with van der Waals surface area (Å²) < 4.78 is 5.13. The molecule has 2 aliphatic heterocycles. The molecule has 2 aliphatic rings. The molecule has 90 valence electrons. The predicted molar refractivity (Wildman–Crippen MR) is 62.3 cm³/mol. The van der Waals surface area contributed by atoms with Crippen LogP contribution in [0.3, 0.4) is 0 Å². The Bertz CT molecular complexity index is 266. The van der Waals surface area contributed by atoms with Gasteiger partial charge in [0.25, 0.3) is 0 Å². The Balaban J connectivity index is 1.97. The summed E-state index contributed by atoms with van der Waals surface area (Å²) in [4.78, 5) is 13.8. The normalized spacial score (nSPS) is 32.6. The summed E-state index contributed by atoms with van der Waals surface area (Å²) in [6, 6.07) is 1.29. The highest BCUT2D eigenvalue weighted by Crippen LogP contribution is 2.35. The maximum atomic E-state index is 11.8. The molecular weight excluding hydrogens is 204 g/mol. The van der Waals surface area contributed by atoms with E-state index in [2.05, 4.69) is 11.9 Å². The molecule has 0 aliphatic carbocycles. The van der Waals surface area contributed by atoms with E-state index in [1.54, 1.807) is 6.08 Å². The van der Waals surface area contributed by atoms with Gasteiger partial charge >= 0.3 is 6.09 Å². The van der Waals surface area contributed by atoms with Crippen molar-refractivity contribution in [3.8, 4) is 0 Å². The minimum atomic E-state index is -0.165. The van der Waals surface area contributed by atoms with Crippen LogP contribution >= 0.6 is 0 Å². The molecule has 0 radical (unpaired) electrons. The van der Waals surface area contributed by atoms with E-state index in [1.807, 2.05) is 11.9 Å². The predicted octanol–water partition coefficient (Wildman–Crippen LogP) is 1.52. The fourth-order valence-corrected chi connectivity index (χ4v) is 2.92. The largest absolute Gasteiger partial charge is 0.445 e. The van der Waals surface area contributed by atoms with Gasteiger partial charge in [0.15, 0.2) is 0 Å². The molecule has 16 heavy (non-hydrogen) atoms. The Labute approximate surface area is 96.6 Å². The lowest BCUT2D eigenvalue weighted by molar-refractivity contribution is 0.0704. The third kappa shape index (κ3) is 2.07. The zero-order valence-electron chi connectivity index (χ0n) is 9.82. The molecule has 2 rings (SSSR count). The number of nitrogens with one attached hydrogen (secondary N) is 1. The van der Waals surface area contributed by atoms with Crippen LogP contribution in [-0.4, -0.2) is 42.8 Å². The molecule has 0 aromatic heterocycles. The summed E-state index contributed by atoms with van der Waals surface area (Å²) >= 11 is 0. The van der Waals surface area contributed by atoms with E-state index >= 15 is 0 Å². The number of amides is 1. The van der Waals surface area contributed by atoms with Crippen LogP contribution in [0.2, 0.25) is 0 Å². The number of rotatable bonds is 3. The van der Waals surface area contributed by atoms with Crippen molar-refractivity contribution in [2.24, 2.45) is 0 Å². The Morgan fingerprint density at radius 3 is 2.62 bits per heavy atom. The highest BCUT2D eigenvalue weighted by molar-refractivity contribution is 5.69. The van der Waals surface area contributed by atoms with Crippen LogP contribution in [0.15, 0.2) is 12.7 Å². The number of fused-ring (bicyclic) bond motifs is 2. The minimum absolute atomic E-state index is 0.165. The minimum Gasteiger partial charge on any atom is -0.445 e. The lowest BCUT2D eigenvalue weighted by atomic mass is 9.98. The van der Waals surface area contributed by atoms with E-state index in [0.29, 0.717) is 24.7 Å². The number of ether oxygens (including phenoxy) is 1. The molecule has 0 saturated carbocycles. The molecule has 4 heteroatoms. The SMILES string of the molecule is C=CCOC(=O)N1C2CCC1CC(NC)C2. The van der Waals surface area contributed by atoms with Crippen LogP contribution in [0.4, 0.5) is 4.79 Å². The van der Waals surface area contributed by atoms with E-state index in [1.165, 1.54) is 0 Å². The first-order valence-corrected chi connectivity index (χ1v) is 5.99. The Morgan fingerprint density at radius 1 is 1.50 bits per heavy atom. The van der Waals surface area contributed by atoms with Gasteiger partial charge in [0, 0.05) is 18.1 Å². The summed E-state index contributed by atoms with van der Waals surface area (Å²) in [5.41, 5.74) is 0. The molecule has 0 spiro atoms. The van der Waals surface area contributed by atoms with Crippen molar-refractivity contribution >= 4 is 6.09 Å². The number of hydrogen-bond donors (Lipinski definition) is 1. The first-order valence-electron chi connectivity index (χ1n) is 5.99. The molecule has 2 atom stereocenters. The maximum absolute atomic E-state index is 11.8. The summed E-state index contributed by atoms with van der Waals surface area (Å²) in [6.45, 7) is 3.86. The molecule has 0 aromatic carbocycles. The highest BCUT2D eigenvalue weighted by atomic mass is 16.6. The van der Waals surface area contributed by atoms with Gasteiger partial charge in [-0.15, -0.1) is 0 Å². The lowest BCUT2D eigenvalue weighted by Gasteiger charge is -2.37. The van der Waals surface area contributed by atoms with Crippen molar-refractivity contribution < 1.29 is 9.53 Å². The molecule has 2 bridgehead atoms. The van der Waals surface area contributed by atoms with Crippen molar-refractivity contribution in [1.29, 1.82) is 0 Å². The highest BCUT2D eigenvalue weighted by Gasteiger charge is 2.43. The summed E-state index contributed by atoms with van der Waals surface area (Å²) in [5.74, 6) is 0. The number of piperidine rings is 1. The number of carbonyl (C=O) groups is 1. The van der Waals surface area contributed by atoms with Crippen molar-refractivity contribution in [3.63, 3.8) is 0 Å². The average Bonchev–Trinajstić information content (AvgIpc) is 2.57. The quantitative estimate of drug-likeness (QED) is 0.739. The molecule has 2 unspecified atom stereocenters. The summed E-state index contributed by atoms with van der Waals surface area (Å²) in [6.07, 6.45) is 5.78. The van der Waals surface area contributed by atoms with Gasteiger partial charge in [0.05, 0.1) is 0 Å². The van der Waals surface area contributed by atoms with Gasteiger partial charge in [-0.2, -0.15) is 0 Å². The van der Waals surface area contributed by atoms with Gasteiger partial charge in [-0.3, -0.25) is 0 Å². The van der Waals surface area contributed by atoms with Crippen molar-refractivity contribution in [1.82, 2.24) is 10.2 Å². The molecule has 2 fully saturated rings. The standard InChI is InChI=1S/C12H20N2O2/c1-3-6-16-12(15)14-10-4-5-11(14)8-9(7-10)13-2/h3,9-11,13H,1,4-8H2,2H3. The first-order chi connectivity index (χ1) is 7.76. The van der Waals surface area contributed by atoms with Gasteiger partial charge in [0.1, 0.15) is 6.61 Å². The van der Waals surface area contributed by atoms with E-state index < -0.39 is 0 Å². The zero-order valence-corrected chi connectivity index (χ0v) is 9.82. The van der Waals surface area contributed by atoms with Crippen LogP contribution in [0.1, 0.15) is 25.7 Å². The second kappa shape index (κ2) is 4.87. The molecule has 1 N–H and O–H groups in total. The third-order valence-electron chi connectivity index (χ3n) is 3.68. The van der Waals surface area contributed by atoms with Crippen LogP contribution in [-0.2, 0) is 4.74 Å². The fourth-order valence-electron chi connectivity index (χ4n) is 2.92. The Hall–Kier alpha value is -1.03. The molecule has 2 saturated heterocycles. The fraction of sp³-hybridized carbons (Fsp3) is 0.750. The Kier molecular flexibility index (Phi) is 3.49. The van der Waals surface area contributed by atoms with Crippen LogP contribution in [0.5, 0.6) is 0 Å². The van der Waals surface area contributed by atoms with Gasteiger partial charge in [-0.25, -0.2) is 4.79 Å². The van der Waals surface area contributed by atoms with Gasteiger partial charge in [-0.1, -0.05) is 12.7 Å². The van der Waals surface area contributed by atoms with Crippen LogP contribution < -0.4 is 5.32 Å². The lowest BCUT2D eigenvalue weighted by Crippen LogP contribution is -2.51. The van der Waals surface area contributed by atoms with E-state index in [4.69, 9.17) is 4.74 Å². The second-order valence-electron chi connectivity index (χ2n) is 4.61. The molecule has 2 heterocycles. The van der Waals surface area contributed by atoms with Gasteiger partial charge < -0.3 is 15.0 Å². The van der Waals surface area contributed by atoms with Crippen LogP contribution in [0.25, 0.3) is 0 Å². The smallest absolute Gasteiger partial charge is 0.410 e. The van der Waals surface area contributed by atoms with Crippen molar-refractivity contribution in [2.75, 3.05) is 13.7 Å². The second-order valence-corrected chi connectivity index (χ2v) is 4.61. The van der Waals surface area contributed by atoms with Crippen LogP contribution in [0, 0.1) is 0 Å². The topological polar surface area (TPSA) is 41.6 Å².